The lowest BCUT2D eigenvalue weighted by Gasteiger charge is -2.05. The van der Waals surface area contributed by atoms with E-state index in [0.29, 0.717) is 12.1 Å². The van der Waals surface area contributed by atoms with E-state index < -0.39 is 5.82 Å². The quantitative estimate of drug-likeness (QED) is 0.701. The van der Waals surface area contributed by atoms with Gasteiger partial charge in [0.15, 0.2) is 11.6 Å². The van der Waals surface area contributed by atoms with Crippen molar-refractivity contribution in [3.63, 3.8) is 0 Å². The van der Waals surface area contributed by atoms with Crippen LogP contribution >= 0.6 is 0 Å². The Balaban J connectivity index is 2.86. The Morgan fingerprint density at radius 1 is 1.54 bits per heavy atom. The highest BCUT2D eigenvalue weighted by atomic mass is 19.1. The zero-order valence-corrected chi connectivity index (χ0v) is 7.60. The third-order valence-electron chi connectivity index (χ3n) is 1.72. The van der Waals surface area contributed by atoms with E-state index in [2.05, 4.69) is 10.3 Å². The summed E-state index contributed by atoms with van der Waals surface area (Å²) in [5.41, 5.74) is 3.81. The molecule has 0 atom stereocenters. The first kappa shape index (κ1) is 9.95. The van der Waals surface area contributed by atoms with Gasteiger partial charge in [0.25, 0.3) is 0 Å². The summed E-state index contributed by atoms with van der Waals surface area (Å²) in [5.74, 6) is -0.894. The maximum atomic E-state index is 12.9. The summed E-state index contributed by atoms with van der Waals surface area (Å²) < 4.78 is 12.9. The van der Waals surface area contributed by atoms with E-state index in [9.17, 15) is 4.39 Å². The lowest BCUT2D eigenvalue weighted by atomic mass is 10.1. The predicted molar refractivity (Wildman–Crippen MR) is 46.7 cm³/mol. The Kier molecular flexibility index (Phi) is 3.22. The summed E-state index contributed by atoms with van der Waals surface area (Å²) in [7, 11) is 1.50. The van der Waals surface area contributed by atoms with E-state index in [1.807, 2.05) is 0 Å². The van der Waals surface area contributed by atoms with Crippen LogP contribution in [0.15, 0.2) is 12.1 Å². The standard InChI is InChI=1S/C9H12FNO2/c1-6-3-7(5-11-13-2)4-8(12)9(6)10/h3-4,11-12H,5H2,1-2H3. The second-order valence-electron chi connectivity index (χ2n) is 2.77. The Morgan fingerprint density at radius 2 is 2.23 bits per heavy atom. The first-order valence-electron chi connectivity index (χ1n) is 3.89. The van der Waals surface area contributed by atoms with Crippen molar-refractivity contribution in [3.05, 3.63) is 29.1 Å². The molecule has 0 radical (unpaired) electrons. The molecule has 1 rings (SSSR count). The van der Waals surface area contributed by atoms with E-state index in [0.717, 1.165) is 5.56 Å². The van der Waals surface area contributed by atoms with Gasteiger partial charge < -0.3 is 9.94 Å². The number of benzene rings is 1. The summed E-state index contributed by atoms with van der Waals surface area (Å²) in [6.07, 6.45) is 0. The molecule has 4 heteroatoms. The molecule has 0 spiro atoms. The minimum absolute atomic E-state index is 0.326. The second-order valence-corrected chi connectivity index (χ2v) is 2.77. The molecule has 0 amide bonds. The van der Waals surface area contributed by atoms with Crippen molar-refractivity contribution in [2.75, 3.05) is 7.11 Å². The van der Waals surface area contributed by atoms with Crippen LogP contribution in [0.3, 0.4) is 0 Å². The number of hydroxylamine groups is 1. The zero-order valence-electron chi connectivity index (χ0n) is 7.60. The molecule has 0 aliphatic rings. The van der Waals surface area contributed by atoms with Gasteiger partial charge in [-0.25, -0.2) is 4.39 Å². The molecule has 0 aliphatic heterocycles. The molecule has 72 valence electrons. The van der Waals surface area contributed by atoms with Crippen LogP contribution in [0.5, 0.6) is 5.75 Å². The number of phenolic OH excluding ortho intramolecular Hbond substituents is 1. The molecular formula is C9H12FNO2. The topological polar surface area (TPSA) is 41.5 Å². The molecule has 3 nitrogen and oxygen atoms in total. The largest absolute Gasteiger partial charge is 0.505 e. The third kappa shape index (κ3) is 2.40. The second kappa shape index (κ2) is 4.20. The van der Waals surface area contributed by atoms with Crippen molar-refractivity contribution >= 4 is 0 Å². The predicted octanol–water partition coefficient (Wildman–Crippen LogP) is 1.49. The summed E-state index contributed by atoms with van der Waals surface area (Å²) >= 11 is 0. The summed E-state index contributed by atoms with van der Waals surface area (Å²) in [4.78, 5) is 4.63. The highest BCUT2D eigenvalue weighted by Gasteiger charge is 2.05. The molecule has 0 aliphatic carbocycles. The number of hydrogen-bond donors (Lipinski definition) is 2. The van der Waals surface area contributed by atoms with Crippen LogP contribution in [0.4, 0.5) is 4.39 Å². The van der Waals surface area contributed by atoms with Gasteiger partial charge in [-0.15, -0.1) is 0 Å². The van der Waals surface area contributed by atoms with Gasteiger partial charge in [0.1, 0.15) is 0 Å². The number of rotatable bonds is 3. The first-order valence-corrected chi connectivity index (χ1v) is 3.89. The molecular weight excluding hydrogens is 173 g/mol. The molecule has 1 aromatic rings. The molecule has 0 bridgehead atoms. The SMILES string of the molecule is CONCc1cc(C)c(F)c(O)c1. The van der Waals surface area contributed by atoms with Crippen molar-refractivity contribution in [1.82, 2.24) is 5.48 Å². The van der Waals surface area contributed by atoms with Crippen molar-refractivity contribution in [2.24, 2.45) is 0 Å². The van der Waals surface area contributed by atoms with Gasteiger partial charge in [0, 0.05) is 6.54 Å². The Bertz CT molecular complexity index is 279. The first-order chi connectivity index (χ1) is 6.15. The molecule has 0 saturated carbocycles. The van der Waals surface area contributed by atoms with Crippen LogP contribution in [-0.2, 0) is 11.4 Å². The van der Waals surface area contributed by atoms with Crippen molar-refractivity contribution in [3.8, 4) is 5.75 Å². The maximum absolute atomic E-state index is 12.9. The molecule has 1 aromatic carbocycles. The molecule has 0 fully saturated rings. The third-order valence-corrected chi connectivity index (χ3v) is 1.72. The van der Waals surface area contributed by atoms with E-state index >= 15 is 0 Å². The van der Waals surface area contributed by atoms with Crippen LogP contribution in [-0.4, -0.2) is 12.2 Å². The van der Waals surface area contributed by atoms with E-state index in [-0.39, 0.29) is 5.75 Å². The minimum Gasteiger partial charge on any atom is -0.505 e. The molecule has 13 heavy (non-hydrogen) atoms. The van der Waals surface area contributed by atoms with Crippen LogP contribution in [0.2, 0.25) is 0 Å². The van der Waals surface area contributed by atoms with Crippen molar-refractivity contribution in [1.29, 1.82) is 0 Å². The van der Waals surface area contributed by atoms with Gasteiger partial charge in [-0.2, -0.15) is 5.48 Å². The summed E-state index contributed by atoms with van der Waals surface area (Å²) in [5, 5.41) is 9.14. The number of nitrogens with one attached hydrogen (secondary N) is 1. The average molecular weight is 185 g/mol. The lowest BCUT2D eigenvalue weighted by molar-refractivity contribution is 0.0866. The highest BCUT2D eigenvalue weighted by molar-refractivity contribution is 5.34. The highest BCUT2D eigenvalue weighted by Crippen LogP contribution is 2.20. The van der Waals surface area contributed by atoms with Crippen LogP contribution in [0.1, 0.15) is 11.1 Å². The van der Waals surface area contributed by atoms with Crippen LogP contribution < -0.4 is 5.48 Å². The van der Waals surface area contributed by atoms with Gasteiger partial charge in [-0.3, -0.25) is 0 Å². The van der Waals surface area contributed by atoms with Crippen LogP contribution in [0.25, 0.3) is 0 Å². The Hall–Kier alpha value is -1.13. The fourth-order valence-electron chi connectivity index (χ4n) is 1.08. The van der Waals surface area contributed by atoms with Gasteiger partial charge >= 0.3 is 0 Å². The Morgan fingerprint density at radius 3 is 2.77 bits per heavy atom. The van der Waals surface area contributed by atoms with Crippen molar-refractivity contribution < 1.29 is 14.3 Å². The molecule has 0 aromatic heterocycles. The average Bonchev–Trinajstić information content (AvgIpc) is 2.10. The zero-order chi connectivity index (χ0) is 9.84. The van der Waals surface area contributed by atoms with E-state index in [1.165, 1.54) is 13.2 Å². The fraction of sp³-hybridized carbons (Fsp3) is 0.333. The van der Waals surface area contributed by atoms with E-state index in [1.54, 1.807) is 13.0 Å². The minimum atomic E-state index is -0.568. The van der Waals surface area contributed by atoms with Gasteiger partial charge in [-0.05, 0) is 24.1 Å². The normalized spacial score (nSPS) is 10.4. The number of aromatic hydroxyl groups is 1. The van der Waals surface area contributed by atoms with Gasteiger partial charge in [-0.1, -0.05) is 6.07 Å². The Labute approximate surface area is 76.1 Å². The molecule has 2 N–H and O–H groups in total. The maximum Gasteiger partial charge on any atom is 0.167 e. The van der Waals surface area contributed by atoms with Crippen molar-refractivity contribution in [2.45, 2.75) is 13.5 Å². The number of hydrogen-bond acceptors (Lipinski definition) is 3. The molecule has 0 heterocycles. The van der Waals surface area contributed by atoms with E-state index in [4.69, 9.17) is 5.11 Å². The number of phenols is 1. The van der Waals surface area contributed by atoms with Gasteiger partial charge in [0.2, 0.25) is 0 Å². The monoisotopic (exact) mass is 185 g/mol. The molecule has 0 saturated heterocycles. The van der Waals surface area contributed by atoms with Crippen LogP contribution in [0, 0.1) is 12.7 Å². The molecule has 0 unspecified atom stereocenters. The summed E-state index contributed by atoms with van der Waals surface area (Å²) in [6, 6.07) is 3.02. The summed E-state index contributed by atoms with van der Waals surface area (Å²) in [6.45, 7) is 2.04. The fourth-order valence-corrected chi connectivity index (χ4v) is 1.08. The lowest BCUT2D eigenvalue weighted by Crippen LogP contribution is -2.10. The number of aryl methyl sites for hydroxylation is 1. The smallest absolute Gasteiger partial charge is 0.167 e. The van der Waals surface area contributed by atoms with Gasteiger partial charge in [0.05, 0.1) is 7.11 Å². The number of halogens is 1.